The second kappa shape index (κ2) is 8.60. The third-order valence-electron chi connectivity index (χ3n) is 5.96. The standard InChI is InChI=1S/C22H29N3O2S/c1-14-7-8-16-17(13-14)28-22-20(16)21(27)24-18(25-22)9-10-19(26)23-12-11-15-5-3-2-4-6-15/h5,14H,2-4,6-13H2,1H3,(H,23,26)(H,24,25,27). The summed E-state index contributed by atoms with van der Waals surface area (Å²) in [6.45, 7) is 2.96. The summed E-state index contributed by atoms with van der Waals surface area (Å²) in [6, 6.07) is 0. The highest BCUT2D eigenvalue weighted by molar-refractivity contribution is 7.18. The first kappa shape index (κ1) is 19.4. The molecule has 0 saturated carbocycles. The van der Waals surface area contributed by atoms with Crippen molar-refractivity contribution < 1.29 is 4.79 Å². The monoisotopic (exact) mass is 399 g/mol. The van der Waals surface area contributed by atoms with Crippen LogP contribution in [0.2, 0.25) is 0 Å². The molecule has 2 N–H and O–H groups in total. The largest absolute Gasteiger partial charge is 0.356 e. The summed E-state index contributed by atoms with van der Waals surface area (Å²) in [7, 11) is 0. The first-order chi connectivity index (χ1) is 13.6. The zero-order chi connectivity index (χ0) is 19.5. The van der Waals surface area contributed by atoms with Crippen LogP contribution in [0.25, 0.3) is 10.2 Å². The molecule has 0 saturated heterocycles. The number of nitrogens with one attached hydrogen (secondary N) is 2. The van der Waals surface area contributed by atoms with Gasteiger partial charge in [0.15, 0.2) is 0 Å². The molecule has 5 nitrogen and oxygen atoms in total. The van der Waals surface area contributed by atoms with Crippen LogP contribution in [0.1, 0.15) is 68.1 Å². The second-order valence-corrected chi connectivity index (χ2v) is 9.34. The smallest absolute Gasteiger partial charge is 0.259 e. The summed E-state index contributed by atoms with van der Waals surface area (Å²) in [6.07, 6.45) is 12.2. The van der Waals surface area contributed by atoms with Crippen molar-refractivity contribution >= 4 is 27.5 Å². The maximum atomic E-state index is 12.6. The van der Waals surface area contributed by atoms with Gasteiger partial charge in [0.2, 0.25) is 5.91 Å². The Kier molecular flexibility index (Phi) is 5.95. The molecule has 2 aliphatic carbocycles. The zero-order valence-electron chi connectivity index (χ0n) is 16.6. The SMILES string of the molecule is CC1CCc2c(sc3nc(CCC(=O)NCCC4=CCCCC4)[nH]c(=O)c23)C1. The Labute approximate surface area is 169 Å². The molecule has 0 aromatic carbocycles. The highest BCUT2D eigenvalue weighted by Gasteiger charge is 2.23. The van der Waals surface area contributed by atoms with Crippen molar-refractivity contribution in [1.29, 1.82) is 0 Å². The summed E-state index contributed by atoms with van der Waals surface area (Å²) in [4.78, 5) is 34.5. The Bertz CT molecular complexity index is 957. The van der Waals surface area contributed by atoms with Crippen molar-refractivity contribution in [2.75, 3.05) is 6.54 Å². The molecule has 28 heavy (non-hydrogen) atoms. The van der Waals surface area contributed by atoms with Gasteiger partial charge in [-0.2, -0.15) is 0 Å². The van der Waals surface area contributed by atoms with Crippen molar-refractivity contribution in [3.63, 3.8) is 0 Å². The molecular formula is C22H29N3O2S. The third kappa shape index (κ3) is 4.37. The van der Waals surface area contributed by atoms with Gasteiger partial charge in [0.05, 0.1) is 5.39 Å². The van der Waals surface area contributed by atoms with Crippen LogP contribution >= 0.6 is 11.3 Å². The van der Waals surface area contributed by atoms with Crippen LogP contribution < -0.4 is 10.9 Å². The summed E-state index contributed by atoms with van der Waals surface area (Å²) >= 11 is 1.66. The minimum atomic E-state index is -0.0447. The van der Waals surface area contributed by atoms with E-state index in [1.54, 1.807) is 11.3 Å². The van der Waals surface area contributed by atoms with Gasteiger partial charge in [-0.25, -0.2) is 4.98 Å². The van der Waals surface area contributed by atoms with Gasteiger partial charge in [-0.05, 0) is 62.8 Å². The number of thiophene rings is 1. The number of carbonyl (C=O) groups excluding carboxylic acids is 1. The highest BCUT2D eigenvalue weighted by Crippen LogP contribution is 2.35. The van der Waals surface area contributed by atoms with E-state index in [1.807, 2.05) is 0 Å². The van der Waals surface area contributed by atoms with Crippen LogP contribution in [-0.2, 0) is 24.1 Å². The molecule has 0 fully saturated rings. The lowest BCUT2D eigenvalue weighted by atomic mass is 9.89. The number of nitrogens with zero attached hydrogens (tertiary/aromatic N) is 1. The molecule has 1 amide bonds. The Morgan fingerprint density at radius 1 is 1.32 bits per heavy atom. The molecule has 0 spiro atoms. The summed E-state index contributed by atoms with van der Waals surface area (Å²) < 4.78 is 0. The number of rotatable bonds is 6. The predicted octanol–water partition coefficient (Wildman–Crippen LogP) is 4.05. The molecule has 1 atom stereocenters. The third-order valence-corrected chi connectivity index (χ3v) is 7.10. The fourth-order valence-corrected chi connectivity index (χ4v) is 5.73. The fraction of sp³-hybridized carbons (Fsp3) is 0.591. The van der Waals surface area contributed by atoms with E-state index >= 15 is 0 Å². The van der Waals surface area contributed by atoms with Gasteiger partial charge in [-0.1, -0.05) is 18.6 Å². The van der Waals surface area contributed by atoms with E-state index in [9.17, 15) is 9.59 Å². The maximum Gasteiger partial charge on any atom is 0.259 e. The van der Waals surface area contributed by atoms with Gasteiger partial charge < -0.3 is 10.3 Å². The molecule has 2 aliphatic rings. The van der Waals surface area contributed by atoms with Crippen LogP contribution in [-0.4, -0.2) is 22.4 Å². The number of allylic oxidation sites excluding steroid dienone is 1. The van der Waals surface area contributed by atoms with Gasteiger partial charge in [0.25, 0.3) is 5.56 Å². The first-order valence-corrected chi connectivity index (χ1v) is 11.4. The Morgan fingerprint density at radius 2 is 2.21 bits per heavy atom. The lowest BCUT2D eigenvalue weighted by molar-refractivity contribution is -0.121. The average molecular weight is 400 g/mol. The predicted molar refractivity (Wildman–Crippen MR) is 114 cm³/mol. The van der Waals surface area contributed by atoms with E-state index in [4.69, 9.17) is 0 Å². The van der Waals surface area contributed by atoms with E-state index in [-0.39, 0.29) is 11.5 Å². The molecule has 2 heterocycles. The summed E-state index contributed by atoms with van der Waals surface area (Å²) in [5.74, 6) is 1.32. The van der Waals surface area contributed by atoms with Gasteiger partial charge in [-0.15, -0.1) is 11.3 Å². The van der Waals surface area contributed by atoms with Crippen LogP contribution in [0, 0.1) is 5.92 Å². The summed E-state index contributed by atoms with van der Waals surface area (Å²) in [5.41, 5.74) is 2.63. The molecule has 150 valence electrons. The van der Waals surface area contributed by atoms with Crippen molar-refractivity contribution in [2.24, 2.45) is 5.92 Å². The van der Waals surface area contributed by atoms with Crippen LogP contribution in [0.5, 0.6) is 0 Å². The Morgan fingerprint density at radius 3 is 3.04 bits per heavy atom. The number of hydrogen-bond donors (Lipinski definition) is 2. The van der Waals surface area contributed by atoms with Crippen LogP contribution in [0.3, 0.4) is 0 Å². The highest BCUT2D eigenvalue weighted by atomic mass is 32.1. The van der Waals surface area contributed by atoms with Gasteiger partial charge >= 0.3 is 0 Å². The fourth-order valence-electron chi connectivity index (χ4n) is 4.33. The van der Waals surface area contributed by atoms with Crippen molar-refractivity contribution in [3.8, 4) is 0 Å². The van der Waals surface area contributed by atoms with E-state index in [2.05, 4.69) is 28.3 Å². The molecular weight excluding hydrogens is 370 g/mol. The van der Waals surface area contributed by atoms with Crippen LogP contribution in [0.15, 0.2) is 16.4 Å². The number of aromatic amines is 1. The summed E-state index contributed by atoms with van der Waals surface area (Å²) in [5, 5.41) is 3.78. The number of aryl methyl sites for hydroxylation is 2. The molecule has 0 aliphatic heterocycles. The lowest BCUT2D eigenvalue weighted by Crippen LogP contribution is -2.25. The van der Waals surface area contributed by atoms with Gasteiger partial charge in [0.1, 0.15) is 10.7 Å². The van der Waals surface area contributed by atoms with Crippen molar-refractivity contribution in [1.82, 2.24) is 15.3 Å². The van der Waals surface area contributed by atoms with Crippen molar-refractivity contribution in [2.45, 2.75) is 71.1 Å². The topological polar surface area (TPSA) is 74.8 Å². The van der Waals surface area contributed by atoms with E-state index in [1.165, 1.54) is 41.7 Å². The number of H-pyrrole nitrogens is 1. The molecule has 1 unspecified atom stereocenters. The Hall–Kier alpha value is -1.95. The molecule has 6 heteroatoms. The minimum Gasteiger partial charge on any atom is -0.356 e. The average Bonchev–Trinajstić information content (AvgIpc) is 3.05. The Balaban J connectivity index is 1.35. The minimum absolute atomic E-state index is 0.0263. The van der Waals surface area contributed by atoms with Crippen LogP contribution in [0.4, 0.5) is 0 Å². The second-order valence-electron chi connectivity index (χ2n) is 8.25. The van der Waals surface area contributed by atoms with Crippen molar-refractivity contribution in [3.05, 3.63) is 38.3 Å². The first-order valence-electron chi connectivity index (χ1n) is 10.6. The molecule has 2 aromatic heterocycles. The molecule has 4 rings (SSSR count). The zero-order valence-corrected chi connectivity index (χ0v) is 17.4. The maximum absolute atomic E-state index is 12.6. The van der Waals surface area contributed by atoms with E-state index in [0.29, 0.717) is 31.1 Å². The number of aromatic nitrogens is 2. The lowest BCUT2D eigenvalue weighted by Gasteiger charge is -2.17. The van der Waals surface area contributed by atoms with E-state index in [0.717, 1.165) is 35.9 Å². The van der Waals surface area contributed by atoms with E-state index < -0.39 is 0 Å². The number of amides is 1. The van der Waals surface area contributed by atoms with Gasteiger partial charge in [0, 0.05) is 24.3 Å². The molecule has 0 radical (unpaired) electrons. The normalized spacial score (nSPS) is 19.3. The molecule has 0 bridgehead atoms. The molecule has 2 aromatic rings. The number of carbonyl (C=O) groups is 1. The number of hydrogen-bond acceptors (Lipinski definition) is 4. The number of fused-ring (bicyclic) bond motifs is 3. The quantitative estimate of drug-likeness (QED) is 0.720. The van der Waals surface area contributed by atoms with Gasteiger partial charge in [-0.3, -0.25) is 9.59 Å².